The van der Waals surface area contributed by atoms with Gasteiger partial charge in [-0.1, -0.05) is 7.60 Å². The molecule has 0 radical (unpaired) electrons. The van der Waals surface area contributed by atoms with Crippen LogP contribution in [0.25, 0.3) is 0 Å². The molecule has 7 heteroatoms. The van der Waals surface area contributed by atoms with Crippen molar-refractivity contribution in [3.05, 3.63) is 0 Å². The van der Waals surface area contributed by atoms with Crippen LogP contribution in [0.15, 0.2) is 0 Å². The monoisotopic (exact) mass is 195 g/mol. The maximum Gasteiger partial charge on any atom is 0.124 e. The molecular weight excluding hydrogens is 185 g/mol. The van der Waals surface area contributed by atoms with Gasteiger partial charge in [-0.15, -0.1) is 0 Å². The lowest BCUT2D eigenvalue weighted by molar-refractivity contribution is -0.438. The summed E-state index contributed by atoms with van der Waals surface area (Å²) in [4.78, 5) is 30.2. The van der Waals surface area contributed by atoms with Crippen LogP contribution in [-0.2, 0) is 9.36 Å². The molecule has 0 aromatic rings. The highest BCUT2D eigenvalue weighted by Gasteiger charge is 2.06. The first-order valence-corrected chi connectivity index (χ1v) is 5.11. The third-order valence-corrected chi connectivity index (χ3v) is 2.18. The summed E-state index contributed by atoms with van der Waals surface area (Å²) in [6.45, 7) is 0. The molecule has 0 aliphatic rings. The van der Waals surface area contributed by atoms with E-state index in [1.807, 2.05) is 0 Å². The van der Waals surface area contributed by atoms with Gasteiger partial charge in [0.2, 0.25) is 0 Å². The van der Waals surface area contributed by atoms with Crippen LogP contribution in [0.5, 0.6) is 0 Å². The highest BCUT2D eigenvalue weighted by molar-refractivity contribution is 7.48. The number of carbonyl (C=O) groups excluding carboxylic acids is 1. The molecule has 0 amide bonds. The number of hydrogen-bond acceptors (Lipinski definition) is 5. The number of carboxylic acid groups (broad SMARTS) is 1. The van der Waals surface area contributed by atoms with Gasteiger partial charge in [0.1, 0.15) is 6.04 Å². The first-order valence-electron chi connectivity index (χ1n) is 3.38. The van der Waals surface area contributed by atoms with Crippen molar-refractivity contribution in [1.82, 2.24) is 0 Å². The van der Waals surface area contributed by atoms with Crippen LogP contribution in [0, 0.1) is 0 Å². The summed E-state index contributed by atoms with van der Waals surface area (Å²) in [7, 11) is -4.49. The van der Waals surface area contributed by atoms with Crippen molar-refractivity contribution in [3.8, 4) is 0 Å². The Hall–Kier alpha value is -0.420. The van der Waals surface area contributed by atoms with Crippen LogP contribution in [0.3, 0.4) is 0 Å². The fourth-order valence-corrected chi connectivity index (χ4v) is 1.22. The van der Waals surface area contributed by atoms with Crippen LogP contribution >= 0.6 is 7.60 Å². The number of hydrogen-bond donors (Lipinski definition) is 1. The lowest BCUT2D eigenvalue weighted by Crippen LogP contribution is -2.68. The smallest absolute Gasteiger partial charge is 0.124 e. The molecule has 0 saturated carbocycles. The zero-order chi connectivity index (χ0) is 9.78. The van der Waals surface area contributed by atoms with Crippen molar-refractivity contribution in [1.29, 1.82) is 0 Å². The Kier molecular flexibility index (Phi) is 4.41. The molecule has 0 aromatic carbocycles. The standard InChI is InChI=1S/C5H12NO5P/c6-4(5(7)8)2-1-3-12(9,10)11/h4H,1-3,6H2,(H,7,8)(H2,9,10,11)/p-2/t4-/m1/s1. The third kappa shape index (κ3) is 6.30. The minimum absolute atomic E-state index is 0.0203. The van der Waals surface area contributed by atoms with E-state index >= 15 is 0 Å². The normalized spacial score (nSPS) is 14.2. The van der Waals surface area contributed by atoms with Gasteiger partial charge >= 0.3 is 0 Å². The highest BCUT2D eigenvalue weighted by atomic mass is 31.2. The minimum Gasteiger partial charge on any atom is -0.811 e. The lowest BCUT2D eigenvalue weighted by atomic mass is 10.2. The van der Waals surface area contributed by atoms with E-state index in [4.69, 9.17) is 0 Å². The van der Waals surface area contributed by atoms with Crippen molar-refractivity contribution in [2.75, 3.05) is 6.16 Å². The average Bonchev–Trinajstić information content (AvgIpc) is 1.84. The van der Waals surface area contributed by atoms with Crippen LogP contribution in [0.1, 0.15) is 12.8 Å². The first kappa shape index (κ1) is 11.6. The van der Waals surface area contributed by atoms with Gasteiger partial charge in [-0.05, 0) is 12.6 Å². The Morgan fingerprint density at radius 2 is 2.00 bits per heavy atom. The number of carboxylic acids is 1. The minimum atomic E-state index is -4.49. The molecular formula is C5H10NO5P-2. The van der Waals surface area contributed by atoms with Gasteiger partial charge in [-0.2, -0.15) is 0 Å². The predicted molar refractivity (Wildman–Crippen MR) is 33.4 cm³/mol. The SMILES string of the molecule is [NH3+][C@H](CCCP(=O)([O-])[O-])C(=O)[O-]. The maximum absolute atomic E-state index is 10.1. The molecule has 12 heavy (non-hydrogen) atoms. The fourth-order valence-electron chi connectivity index (χ4n) is 0.649. The van der Waals surface area contributed by atoms with E-state index in [9.17, 15) is 24.3 Å². The van der Waals surface area contributed by atoms with Gasteiger partial charge in [-0.3, -0.25) is 0 Å². The molecule has 0 bridgehead atoms. The molecule has 6 nitrogen and oxygen atoms in total. The number of quaternary nitrogens is 1. The van der Waals surface area contributed by atoms with Crippen LogP contribution in [0.2, 0.25) is 0 Å². The van der Waals surface area contributed by atoms with E-state index in [-0.39, 0.29) is 12.8 Å². The molecule has 0 fully saturated rings. The van der Waals surface area contributed by atoms with E-state index in [2.05, 4.69) is 5.73 Å². The molecule has 0 unspecified atom stereocenters. The van der Waals surface area contributed by atoms with Crippen LogP contribution < -0.4 is 20.6 Å². The van der Waals surface area contributed by atoms with Gasteiger partial charge in [0, 0.05) is 6.42 Å². The molecule has 0 aromatic heterocycles. The Morgan fingerprint density at radius 1 is 1.50 bits per heavy atom. The van der Waals surface area contributed by atoms with Gasteiger partial charge in [0.05, 0.1) is 5.97 Å². The number of aliphatic carboxylic acids is 1. The molecule has 1 atom stereocenters. The maximum atomic E-state index is 10.1. The van der Waals surface area contributed by atoms with Crippen molar-refractivity contribution in [3.63, 3.8) is 0 Å². The second-order valence-corrected chi connectivity index (χ2v) is 4.16. The molecule has 0 rings (SSSR count). The molecule has 72 valence electrons. The summed E-state index contributed by atoms with van der Waals surface area (Å²) in [6.07, 6.45) is -0.449. The Balaban J connectivity index is 3.58. The molecule has 0 spiro atoms. The summed E-state index contributed by atoms with van der Waals surface area (Å²) in [5.74, 6) is -1.33. The first-order chi connectivity index (χ1) is 5.33. The van der Waals surface area contributed by atoms with Gasteiger partial charge in [0.15, 0.2) is 0 Å². The van der Waals surface area contributed by atoms with Crippen molar-refractivity contribution in [2.24, 2.45) is 0 Å². The van der Waals surface area contributed by atoms with Crippen LogP contribution in [0.4, 0.5) is 0 Å². The number of rotatable bonds is 5. The summed E-state index contributed by atoms with van der Waals surface area (Å²) < 4.78 is 10.1. The summed E-state index contributed by atoms with van der Waals surface area (Å²) in [5, 5.41) is 10.1. The molecule has 0 heterocycles. The topological polar surface area (TPSA) is 131 Å². The van der Waals surface area contributed by atoms with E-state index < -0.39 is 25.8 Å². The Labute approximate surface area is 69.5 Å². The van der Waals surface area contributed by atoms with E-state index in [0.29, 0.717) is 0 Å². The van der Waals surface area contributed by atoms with Gasteiger partial charge in [-0.25, -0.2) is 0 Å². The molecule has 0 aliphatic heterocycles. The quantitative estimate of drug-likeness (QED) is 0.447. The second-order valence-electron chi connectivity index (χ2n) is 2.49. The number of carbonyl (C=O) groups is 1. The highest BCUT2D eigenvalue weighted by Crippen LogP contribution is 2.24. The average molecular weight is 195 g/mol. The zero-order valence-electron chi connectivity index (χ0n) is 6.39. The Bertz CT molecular complexity index is 200. The Morgan fingerprint density at radius 3 is 2.33 bits per heavy atom. The van der Waals surface area contributed by atoms with E-state index in [0.717, 1.165) is 0 Å². The molecule has 0 aliphatic carbocycles. The molecule has 3 N–H and O–H groups in total. The van der Waals surface area contributed by atoms with Gasteiger partial charge in [0.25, 0.3) is 0 Å². The largest absolute Gasteiger partial charge is 0.811 e. The van der Waals surface area contributed by atoms with Crippen molar-refractivity contribution >= 4 is 13.6 Å². The molecule has 0 saturated heterocycles. The summed E-state index contributed by atoms with van der Waals surface area (Å²) >= 11 is 0. The van der Waals surface area contributed by atoms with Crippen LogP contribution in [-0.4, -0.2) is 18.2 Å². The lowest BCUT2D eigenvalue weighted by Gasteiger charge is -2.29. The summed E-state index contributed by atoms with van der Waals surface area (Å²) in [5.41, 5.74) is 3.20. The van der Waals surface area contributed by atoms with Crippen molar-refractivity contribution < 1.29 is 30.0 Å². The predicted octanol–water partition coefficient (Wildman–Crippen LogP) is -3.96. The van der Waals surface area contributed by atoms with Gasteiger partial charge < -0.3 is 30.0 Å². The third-order valence-electron chi connectivity index (χ3n) is 1.32. The fraction of sp³-hybridized carbons (Fsp3) is 0.800. The van der Waals surface area contributed by atoms with E-state index in [1.165, 1.54) is 0 Å². The summed E-state index contributed by atoms with van der Waals surface area (Å²) in [6, 6.07) is -0.948. The zero-order valence-corrected chi connectivity index (χ0v) is 7.29. The van der Waals surface area contributed by atoms with E-state index in [1.54, 1.807) is 0 Å². The van der Waals surface area contributed by atoms with Crippen molar-refractivity contribution in [2.45, 2.75) is 18.9 Å². The second kappa shape index (κ2) is 4.57.